The maximum Gasteiger partial charge on any atom is 0.260 e. The van der Waals surface area contributed by atoms with Gasteiger partial charge in [-0.15, -0.1) is 0 Å². The van der Waals surface area contributed by atoms with E-state index in [2.05, 4.69) is 5.32 Å². The normalized spacial score (nSPS) is 12.9. The smallest absolute Gasteiger partial charge is 0.260 e. The molecule has 1 N–H and O–H groups in total. The Kier molecular flexibility index (Phi) is 6.70. The van der Waals surface area contributed by atoms with Crippen LogP contribution in [0.3, 0.4) is 0 Å². The van der Waals surface area contributed by atoms with Crippen LogP contribution in [-0.4, -0.2) is 37.6 Å². The molecule has 2 rings (SSSR count). The maximum atomic E-state index is 13.5. The molecule has 1 amide bonds. The summed E-state index contributed by atoms with van der Waals surface area (Å²) in [5, 5.41) is 11.6. The highest BCUT2D eigenvalue weighted by Gasteiger charge is 2.19. The van der Waals surface area contributed by atoms with Crippen molar-refractivity contribution in [3.63, 3.8) is 0 Å². The Bertz CT molecular complexity index is 784. The van der Waals surface area contributed by atoms with Gasteiger partial charge in [0.15, 0.2) is 6.10 Å². The standard InChI is InChI=1S/C20H22FN3O2/c1-14(26-18-9-7-15(12-22)8-10-18)20(25)23-13-19(24(2)3)16-5-4-6-17(21)11-16/h4-11,14,19H,13H2,1-3H3,(H,23,25). The third-order valence-corrected chi connectivity index (χ3v) is 3.99. The van der Waals surface area contributed by atoms with Crippen molar-refractivity contribution in [2.45, 2.75) is 19.1 Å². The number of rotatable bonds is 7. The largest absolute Gasteiger partial charge is 0.481 e. The third kappa shape index (κ3) is 5.30. The number of carbonyl (C=O) groups excluding carboxylic acids is 1. The molecule has 2 aromatic rings. The molecule has 2 aromatic carbocycles. The van der Waals surface area contributed by atoms with E-state index in [0.29, 0.717) is 17.9 Å². The molecule has 0 aromatic heterocycles. The summed E-state index contributed by atoms with van der Waals surface area (Å²) in [5.41, 5.74) is 1.31. The molecule has 136 valence electrons. The number of likely N-dealkylation sites (N-methyl/N-ethyl adjacent to an activating group) is 1. The van der Waals surface area contributed by atoms with Crippen molar-refractivity contribution in [2.75, 3.05) is 20.6 Å². The zero-order valence-electron chi connectivity index (χ0n) is 15.1. The first-order valence-corrected chi connectivity index (χ1v) is 8.27. The van der Waals surface area contributed by atoms with E-state index in [4.69, 9.17) is 10.00 Å². The van der Waals surface area contributed by atoms with Crippen LogP contribution < -0.4 is 10.1 Å². The number of nitrogens with zero attached hydrogens (tertiary/aromatic N) is 2. The van der Waals surface area contributed by atoms with Crippen molar-refractivity contribution >= 4 is 5.91 Å². The molecule has 0 aliphatic rings. The van der Waals surface area contributed by atoms with Gasteiger partial charge in [0.1, 0.15) is 11.6 Å². The molecule has 0 bridgehead atoms. The number of hydrogen-bond acceptors (Lipinski definition) is 4. The van der Waals surface area contributed by atoms with Crippen molar-refractivity contribution < 1.29 is 13.9 Å². The van der Waals surface area contributed by atoms with E-state index in [0.717, 1.165) is 5.56 Å². The lowest BCUT2D eigenvalue weighted by Gasteiger charge is -2.26. The number of carbonyl (C=O) groups is 1. The molecule has 0 spiro atoms. The van der Waals surface area contributed by atoms with Crippen LogP contribution in [0.1, 0.15) is 24.1 Å². The monoisotopic (exact) mass is 355 g/mol. The van der Waals surface area contributed by atoms with Crippen LogP contribution in [-0.2, 0) is 4.79 Å². The second-order valence-corrected chi connectivity index (χ2v) is 6.18. The number of amides is 1. The second-order valence-electron chi connectivity index (χ2n) is 6.18. The van der Waals surface area contributed by atoms with Crippen LogP contribution >= 0.6 is 0 Å². The molecule has 0 radical (unpaired) electrons. The van der Waals surface area contributed by atoms with Gasteiger partial charge in [-0.1, -0.05) is 12.1 Å². The third-order valence-electron chi connectivity index (χ3n) is 3.99. The molecule has 0 aliphatic heterocycles. The zero-order valence-corrected chi connectivity index (χ0v) is 15.1. The van der Waals surface area contributed by atoms with Crippen LogP contribution in [0.5, 0.6) is 5.75 Å². The van der Waals surface area contributed by atoms with E-state index in [1.807, 2.05) is 31.1 Å². The van der Waals surface area contributed by atoms with E-state index < -0.39 is 6.10 Å². The minimum Gasteiger partial charge on any atom is -0.481 e. The first-order chi connectivity index (χ1) is 12.4. The van der Waals surface area contributed by atoms with E-state index >= 15 is 0 Å². The van der Waals surface area contributed by atoms with E-state index in [-0.39, 0.29) is 17.8 Å². The van der Waals surface area contributed by atoms with Crippen molar-refractivity contribution in [3.8, 4) is 11.8 Å². The summed E-state index contributed by atoms with van der Waals surface area (Å²) < 4.78 is 19.1. The lowest BCUT2D eigenvalue weighted by molar-refractivity contribution is -0.127. The maximum absolute atomic E-state index is 13.5. The van der Waals surface area contributed by atoms with E-state index in [9.17, 15) is 9.18 Å². The minimum absolute atomic E-state index is 0.156. The highest BCUT2D eigenvalue weighted by Crippen LogP contribution is 2.18. The van der Waals surface area contributed by atoms with Gasteiger partial charge in [0, 0.05) is 6.54 Å². The summed E-state index contributed by atoms with van der Waals surface area (Å²) in [6, 6.07) is 14.8. The molecule has 0 saturated carbocycles. The number of nitriles is 1. The van der Waals surface area contributed by atoms with Gasteiger partial charge in [0.05, 0.1) is 17.7 Å². The van der Waals surface area contributed by atoms with Gasteiger partial charge >= 0.3 is 0 Å². The Labute approximate surface area is 153 Å². The molecule has 0 fully saturated rings. The molecule has 0 aliphatic carbocycles. The van der Waals surface area contributed by atoms with Crippen LogP contribution in [0, 0.1) is 17.1 Å². The summed E-state index contributed by atoms with van der Waals surface area (Å²) in [7, 11) is 3.75. The molecule has 2 unspecified atom stereocenters. The Morgan fingerprint density at radius 2 is 1.96 bits per heavy atom. The van der Waals surface area contributed by atoms with Crippen molar-refractivity contribution in [2.24, 2.45) is 0 Å². The molecule has 5 nitrogen and oxygen atoms in total. The van der Waals surface area contributed by atoms with Gasteiger partial charge in [0.25, 0.3) is 5.91 Å². The first-order valence-electron chi connectivity index (χ1n) is 8.27. The van der Waals surface area contributed by atoms with Crippen molar-refractivity contribution in [1.82, 2.24) is 10.2 Å². The quantitative estimate of drug-likeness (QED) is 0.829. The number of halogens is 1. The topological polar surface area (TPSA) is 65.4 Å². The summed E-state index contributed by atoms with van der Waals surface area (Å²) in [6.45, 7) is 1.98. The molecule has 26 heavy (non-hydrogen) atoms. The summed E-state index contributed by atoms with van der Waals surface area (Å²) in [5.74, 6) is -0.0586. The highest BCUT2D eigenvalue weighted by molar-refractivity contribution is 5.80. The molecule has 0 saturated heterocycles. The summed E-state index contributed by atoms with van der Waals surface area (Å²) in [4.78, 5) is 14.2. The second kappa shape index (κ2) is 8.97. The fourth-order valence-corrected chi connectivity index (χ4v) is 2.52. The zero-order chi connectivity index (χ0) is 19.1. The Hall–Kier alpha value is -2.91. The van der Waals surface area contributed by atoms with Crippen molar-refractivity contribution in [1.29, 1.82) is 5.26 Å². The van der Waals surface area contributed by atoms with E-state index in [1.54, 1.807) is 37.3 Å². The Morgan fingerprint density at radius 3 is 2.54 bits per heavy atom. The van der Waals surface area contributed by atoms with Gasteiger partial charge in [-0.05, 0) is 63.0 Å². The van der Waals surface area contributed by atoms with E-state index in [1.165, 1.54) is 12.1 Å². The Balaban J connectivity index is 1.95. The predicted octanol–water partition coefficient (Wildman–Crippen LogP) is 2.88. The summed E-state index contributed by atoms with van der Waals surface area (Å²) >= 11 is 0. The van der Waals surface area contributed by atoms with Crippen molar-refractivity contribution in [3.05, 3.63) is 65.5 Å². The fraction of sp³-hybridized carbons (Fsp3) is 0.300. The number of nitrogens with one attached hydrogen (secondary N) is 1. The number of ether oxygens (including phenoxy) is 1. The molecule has 6 heteroatoms. The summed E-state index contributed by atoms with van der Waals surface area (Å²) in [6.07, 6.45) is -0.696. The highest BCUT2D eigenvalue weighted by atomic mass is 19.1. The lowest BCUT2D eigenvalue weighted by Crippen LogP contribution is -2.41. The SMILES string of the molecule is CC(Oc1ccc(C#N)cc1)C(=O)NCC(c1cccc(F)c1)N(C)C. The van der Waals surface area contributed by atoms with Gasteiger partial charge in [-0.25, -0.2) is 4.39 Å². The fourth-order valence-electron chi connectivity index (χ4n) is 2.52. The number of benzene rings is 2. The van der Waals surface area contributed by atoms with Crippen LogP contribution in [0.25, 0.3) is 0 Å². The molecule has 2 atom stereocenters. The lowest BCUT2D eigenvalue weighted by atomic mass is 10.1. The van der Waals surface area contributed by atoms with Gasteiger partial charge in [0.2, 0.25) is 0 Å². The first kappa shape index (κ1) is 19.4. The minimum atomic E-state index is -0.696. The molecular weight excluding hydrogens is 333 g/mol. The average Bonchev–Trinajstić information content (AvgIpc) is 2.62. The number of hydrogen-bond donors (Lipinski definition) is 1. The predicted molar refractivity (Wildman–Crippen MR) is 97.1 cm³/mol. The molecular formula is C20H22FN3O2. The van der Waals surface area contributed by atoms with Crippen LogP contribution in [0.2, 0.25) is 0 Å². The van der Waals surface area contributed by atoms with Crippen LogP contribution in [0.15, 0.2) is 48.5 Å². The van der Waals surface area contributed by atoms with Gasteiger partial charge in [-0.3, -0.25) is 4.79 Å². The Morgan fingerprint density at radius 1 is 1.27 bits per heavy atom. The van der Waals surface area contributed by atoms with Crippen LogP contribution in [0.4, 0.5) is 4.39 Å². The van der Waals surface area contributed by atoms with Gasteiger partial charge in [-0.2, -0.15) is 5.26 Å². The molecule has 0 heterocycles. The average molecular weight is 355 g/mol. The van der Waals surface area contributed by atoms with Gasteiger partial charge < -0.3 is 15.0 Å².